The van der Waals surface area contributed by atoms with E-state index in [4.69, 9.17) is 4.42 Å². The highest BCUT2D eigenvalue weighted by Gasteiger charge is 2.19. The van der Waals surface area contributed by atoms with Gasteiger partial charge in [0.25, 0.3) is 15.9 Å². The van der Waals surface area contributed by atoms with Crippen molar-refractivity contribution < 1.29 is 17.6 Å². The van der Waals surface area contributed by atoms with Crippen LogP contribution in [-0.4, -0.2) is 26.7 Å². The molecule has 0 saturated carbocycles. The van der Waals surface area contributed by atoms with Crippen LogP contribution in [0.5, 0.6) is 0 Å². The van der Waals surface area contributed by atoms with Gasteiger partial charge in [0.15, 0.2) is 5.76 Å². The first-order valence-corrected chi connectivity index (χ1v) is 8.96. The summed E-state index contributed by atoms with van der Waals surface area (Å²) in [5.74, 6) is 0.818. The minimum atomic E-state index is -3.72. The van der Waals surface area contributed by atoms with Crippen LogP contribution < -0.4 is 10.0 Å². The second-order valence-corrected chi connectivity index (χ2v) is 7.11. The Labute approximate surface area is 139 Å². The predicted octanol–water partition coefficient (Wildman–Crippen LogP) is 2.31. The summed E-state index contributed by atoms with van der Waals surface area (Å²) in [6.07, 6.45) is 1.46. The second kappa shape index (κ2) is 6.48. The fourth-order valence-corrected chi connectivity index (χ4v) is 3.46. The van der Waals surface area contributed by atoms with E-state index in [1.165, 1.54) is 12.1 Å². The average molecular weight is 347 g/mol. The first-order valence-electron chi connectivity index (χ1n) is 7.48. The average Bonchev–Trinajstić information content (AvgIpc) is 3.19. The minimum Gasteiger partial charge on any atom is -0.456 e. The number of rotatable bonds is 4. The molecule has 0 bridgehead atoms. The summed E-state index contributed by atoms with van der Waals surface area (Å²) in [6.45, 7) is 2.37. The number of hydrogen-bond donors (Lipinski definition) is 2. The molecule has 0 fully saturated rings. The molecule has 3 rings (SSSR count). The maximum atomic E-state index is 12.4. The van der Waals surface area contributed by atoms with Crippen LogP contribution in [0.15, 0.2) is 50.7 Å². The molecule has 1 aliphatic heterocycles. The Hall–Kier alpha value is -2.61. The Morgan fingerprint density at radius 2 is 2.08 bits per heavy atom. The first-order chi connectivity index (χ1) is 11.4. The first kappa shape index (κ1) is 16.3. The van der Waals surface area contributed by atoms with Gasteiger partial charge in [-0.05, 0) is 43.7 Å². The van der Waals surface area contributed by atoms with E-state index in [9.17, 15) is 13.2 Å². The molecule has 0 spiro atoms. The lowest BCUT2D eigenvalue weighted by atomic mass is 10.3. The molecule has 1 aromatic heterocycles. The van der Waals surface area contributed by atoms with E-state index in [0.717, 1.165) is 6.42 Å². The van der Waals surface area contributed by atoms with Gasteiger partial charge < -0.3 is 9.73 Å². The van der Waals surface area contributed by atoms with Gasteiger partial charge in [0, 0.05) is 18.7 Å². The number of hydrogen-bond acceptors (Lipinski definition) is 5. The summed E-state index contributed by atoms with van der Waals surface area (Å²) >= 11 is 0. The Morgan fingerprint density at radius 3 is 2.75 bits per heavy atom. The number of carbonyl (C=O) groups is 1. The molecular formula is C16H17N3O4S. The Balaban J connectivity index is 1.77. The zero-order valence-electron chi connectivity index (χ0n) is 13.1. The van der Waals surface area contributed by atoms with Crippen LogP contribution in [0.3, 0.4) is 0 Å². The van der Waals surface area contributed by atoms with Crippen molar-refractivity contribution in [3.05, 3.63) is 47.9 Å². The van der Waals surface area contributed by atoms with E-state index in [1.54, 1.807) is 31.2 Å². The third-order valence-electron chi connectivity index (χ3n) is 3.49. The van der Waals surface area contributed by atoms with Crippen molar-refractivity contribution in [2.45, 2.75) is 24.7 Å². The van der Waals surface area contributed by atoms with E-state index in [2.05, 4.69) is 15.0 Å². The van der Waals surface area contributed by atoms with E-state index in [-0.39, 0.29) is 10.7 Å². The number of aliphatic imine (C=N–C) groups is 1. The van der Waals surface area contributed by atoms with Crippen molar-refractivity contribution in [3.8, 4) is 0 Å². The SMILES string of the molecule is Cc1ccc(C(=O)Nc2cccc(S(=O)(=O)NC3=NCCC3)c2)o1. The number of amides is 1. The van der Waals surface area contributed by atoms with Crippen LogP contribution in [-0.2, 0) is 10.0 Å². The van der Waals surface area contributed by atoms with Gasteiger partial charge in [-0.1, -0.05) is 6.07 Å². The number of nitrogens with zero attached hydrogens (tertiary/aromatic N) is 1. The number of sulfonamides is 1. The number of benzene rings is 1. The monoisotopic (exact) mass is 347 g/mol. The van der Waals surface area contributed by atoms with Crippen molar-refractivity contribution in [2.75, 3.05) is 11.9 Å². The van der Waals surface area contributed by atoms with Crippen LogP contribution >= 0.6 is 0 Å². The smallest absolute Gasteiger partial charge is 0.291 e. The highest BCUT2D eigenvalue weighted by molar-refractivity contribution is 7.90. The molecule has 0 unspecified atom stereocenters. The standard InChI is InChI=1S/C16H17N3O4S/c1-11-7-8-14(23-11)16(20)18-12-4-2-5-13(10-12)24(21,22)19-15-6-3-9-17-15/h2,4-5,7-8,10H,3,6,9H2,1H3,(H,17,19)(H,18,20). The zero-order chi connectivity index (χ0) is 17.2. The van der Waals surface area contributed by atoms with Gasteiger partial charge in [-0.2, -0.15) is 0 Å². The van der Waals surface area contributed by atoms with Crippen LogP contribution in [0, 0.1) is 6.92 Å². The summed E-state index contributed by atoms with van der Waals surface area (Å²) in [4.78, 5) is 16.2. The Kier molecular flexibility index (Phi) is 4.39. The lowest BCUT2D eigenvalue weighted by Crippen LogP contribution is -2.29. The summed E-state index contributed by atoms with van der Waals surface area (Å²) in [5.41, 5.74) is 0.366. The van der Waals surface area contributed by atoms with E-state index in [0.29, 0.717) is 30.2 Å². The molecule has 2 N–H and O–H groups in total. The molecule has 1 amide bonds. The molecule has 126 valence electrons. The number of nitrogens with one attached hydrogen (secondary N) is 2. The topological polar surface area (TPSA) is 101 Å². The minimum absolute atomic E-state index is 0.0607. The fourth-order valence-electron chi connectivity index (χ4n) is 2.33. The number of anilines is 1. The van der Waals surface area contributed by atoms with Gasteiger partial charge >= 0.3 is 0 Å². The molecule has 24 heavy (non-hydrogen) atoms. The summed E-state index contributed by atoms with van der Waals surface area (Å²) in [7, 11) is -3.72. The molecule has 1 aromatic carbocycles. The molecular weight excluding hydrogens is 330 g/mol. The van der Waals surface area contributed by atoms with Crippen LogP contribution in [0.2, 0.25) is 0 Å². The maximum Gasteiger partial charge on any atom is 0.291 e. The van der Waals surface area contributed by atoms with Crippen LogP contribution in [0.25, 0.3) is 0 Å². The third-order valence-corrected chi connectivity index (χ3v) is 4.87. The number of carbonyl (C=O) groups excluding carboxylic acids is 1. The summed E-state index contributed by atoms with van der Waals surface area (Å²) in [5, 5.41) is 2.62. The molecule has 2 heterocycles. The molecule has 0 saturated heterocycles. The van der Waals surface area contributed by atoms with Crippen molar-refractivity contribution in [1.82, 2.24) is 4.72 Å². The Bertz CT molecular complexity index is 900. The van der Waals surface area contributed by atoms with Gasteiger partial charge in [0.1, 0.15) is 11.6 Å². The van der Waals surface area contributed by atoms with E-state index in [1.807, 2.05) is 0 Å². The molecule has 2 aromatic rings. The molecule has 0 aliphatic carbocycles. The maximum absolute atomic E-state index is 12.4. The molecule has 0 atom stereocenters. The van der Waals surface area contributed by atoms with E-state index < -0.39 is 15.9 Å². The van der Waals surface area contributed by atoms with Gasteiger partial charge in [-0.15, -0.1) is 0 Å². The molecule has 0 radical (unpaired) electrons. The second-order valence-electron chi connectivity index (χ2n) is 5.43. The fraction of sp³-hybridized carbons (Fsp3) is 0.250. The largest absolute Gasteiger partial charge is 0.456 e. The normalized spacial score (nSPS) is 14.3. The Morgan fingerprint density at radius 1 is 1.25 bits per heavy atom. The third kappa shape index (κ3) is 3.65. The van der Waals surface area contributed by atoms with Crippen molar-refractivity contribution in [3.63, 3.8) is 0 Å². The summed E-state index contributed by atoms with van der Waals surface area (Å²) in [6, 6.07) is 9.27. The predicted molar refractivity (Wildman–Crippen MR) is 89.7 cm³/mol. The number of furan rings is 1. The quantitative estimate of drug-likeness (QED) is 0.886. The molecule has 7 nitrogen and oxygen atoms in total. The zero-order valence-corrected chi connectivity index (χ0v) is 13.9. The van der Waals surface area contributed by atoms with Crippen LogP contribution in [0.1, 0.15) is 29.2 Å². The molecule has 8 heteroatoms. The number of aryl methyl sites for hydroxylation is 1. The van der Waals surface area contributed by atoms with Gasteiger partial charge in [0.2, 0.25) is 0 Å². The highest BCUT2D eigenvalue weighted by Crippen LogP contribution is 2.18. The van der Waals surface area contributed by atoms with Gasteiger partial charge in [-0.25, -0.2) is 8.42 Å². The number of amidine groups is 1. The van der Waals surface area contributed by atoms with Gasteiger partial charge in [-0.3, -0.25) is 14.5 Å². The van der Waals surface area contributed by atoms with E-state index >= 15 is 0 Å². The summed E-state index contributed by atoms with van der Waals surface area (Å²) < 4.78 is 32.5. The van der Waals surface area contributed by atoms with Crippen molar-refractivity contribution >= 4 is 27.5 Å². The van der Waals surface area contributed by atoms with Gasteiger partial charge in [0.05, 0.1) is 4.90 Å². The lowest BCUT2D eigenvalue weighted by molar-refractivity contribution is 0.0995. The lowest BCUT2D eigenvalue weighted by Gasteiger charge is -2.09. The van der Waals surface area contributed by atoms with Crippen LogP contribution in [0.4, 0.5) is 5.69 Å². The highest BCUT2D eigenvalue weighted by atomic mass is 32.2. The molecule has 1 aliphatic rings. The van der Waals surface area contributed by atoms with Crippen molar-refractivity contribution in [2.24, 2.45) is 4.99 Å². The van der Waals surface area contributed by atoms with Crippen molar-refractivity contribution in [1.29, 1.82) is 0 Å².